The van der Waals surface area contributed by atoms with Crippen LogP contribution in [0, 0.1) is 0 Å². The van der Waals surface area contributed by atoms with Gasteiger partial charge in [0.2, 0.25) is 0 Å². The van der Waals surface area contributed by atoms with E-state index < -0.39 is 0 Å². The molecule has 2 aromatic rings. The van der Waals surface area contributed by atoms with Gasteiger partial charge < -0.3 is 10.1 Å². The molecule has 2 nitrogen and oxygen atoms in total. The Labute approximate surface area is 121 Å². The van der Waals surface area contributed by atoms with Crippen LogP contribution in [0.1, 0.15) is 31.2 Å². The van der Waals surface area contributed by atoms with Crippen LogP contribution >= 0.6 is 0 Å². The molecule has 0 amide bonds. The number of methoxy groups -OCH3 is 1. The summed E-state index contributed by atoms with van der Waals surface area (Å²) in [4.78, 5) is 0. The molecule has 0 heterocycles. The van der Waals surface area contributed by atoms with Crippen LogP contribution in [0.15, 0.2) is 42.5 Å². The molecule has 1 aliphatic rings. The van der Waals surface area contributed by atoms with Crippen molar-refractivity contribution in [2.75, 3.05) is 7.11 Å². The van der Waals surface area contributed by atoms with Gasteiger partial charge >= 0.3 is 0 Å². The van der Waals surface area contributed by atoms with Crippen molar-refractivity contribution in [3.05, 3.63) is 48.0 Å². The highest BCUT2D eigenvalue weighted by atomic mass is 16.5. The molecule has 0 bridgehead atoms. The first-order valence-electron chi connectivity index (χ1n) is 7.61. The first kappa shape index (κ1) is 13.6. The second-order valence-electron chi connectivity index (χ2n) is 5.68. The third-order valence-corrected chi connectivity index (χ3v) is 4.44. The zero-order valence-corrected chi connectivity index (χ0v) is 12.1. The van der Waals surface area contributed by atoms with Gasteiger partial charge in [-0.1, -0.05) is 55.3 Å². The second kappa shape index (κ2) is 6.38. The number of rotatable bonds is 4. The van der Waals surface area contributed by atoms with Gasteiger partial charge in [-0.3, -0.25) is 0 Å². The van der Waals surface area contributed by atoms with Crippen LogP contribution in [0.25, 0.3) is 10.8 Å². The normalized spacial score (nSPS) is 23.1. The Morgan fingerprint density at radius 1 is 1.05 bits per heavy atom. The van der Waals surface area contributed by atoms with Gasteiger partial charge in [-0.15, -0.1) is 0 Å². The van der Waals surface area contributed by atoms with Gasteiger partial charge in [0.1, 0.15) is 0 Å². The topological polar surface area (TPSA) is 21.3 Å². The zero-order valence-electron chi connectivity index (χ0n) is 12.1. The van der Waals surface area contributed by atoms with Crippen LogP contribution in [0.2, 0.25) is 0 Å². The maximum absolute atomic E-state index is 5.62. The molecule has 2 heteroatoms. The summed E-state index contributed by atoms with van der Waals surface area (Å²) in [6.07, 6.45) is 5.39. The maximum Gasteiger partial charge on any atom is 0.0724 e. The minimum atomic E-state index is 0.374. The molecular weight excluding hydrogens is 246 g/mol. The Hall–Kier alpha value is -1.38. The van der Waals surface area contributed by atoms with E-state index in [4.69, 9.17) is 4.74 Å². The maximum atomic E-state index is 5.62. The molecule has 2 aromatic carbocycles. The van der Waals surface area contributed by atoms with E-state index in [9.17, 15) is 0 Å². The lowest BCUT2D eigenvalue weighted by atomic mass is 9.92. The highest BCUT2D eigenvalue weighted by Gasteiger charge is 2.24. The summed E-state index contributed by atoms with van der Waals surface area (Å²) in [7, 11) is 1.84. The molecule has 2 atom stereocenters. The van der Waals surface area contributed by atoms with Crippen molar-refractivity contribution in [3.8, 4) is 0 Å². The molecule has 1 aliphatic carbocycles. The highest BCUT2D eigenvalue weighted by molar-refractivity contribution is 5.85. The van der Waals surface area contributed by atoms with Gasteiger partial charge in [-0.2, -0.15) is 0 Å². The van der Waals surface area contributed by atoms with Crippen molar-refractivity contribution >= 4 is 10.8 Å². The van der Waals surface area contributed by atoms with Crippen LogP contribution in [-0.4, -0.2) is 19.3 Å². The molecule has 0 saturated heterocycles. The summed E-state index contributed by atoms with van der Waals surface area (Å²) in [5.74, 6) is 0. The summed E-state index contributed by atoms with van der Waals surface area (Å²) in [5.41, 5.74) is 1.38. The van der Waals surface area contributed by atoms with Crippen molar-refractivity contribution in [3.63, 3.8) is 0 Å². The fraction of sp³-hybridized carbons (Fsp3) is 0.444. The second-order valence-corrected chi connectivity index (χ2v) is 5.68. The lowest BCUT2D eigenvalue weighted by molar-refractivity contribution is 0.0413. The van der Waals surface area contributed by atoms with Crippen LogP contribution in [0.3, 0.4) is 0 Å². The number of hydrogen-bond acceptors (Lipinski definition) is 2. The third-order valence-electron chi connectivity index (χ3n) is 4.44. The minimum absolute atomic E-state index is 0.374. The van der Waals surface area contributed by atoms with E-state index in [2.05, 4.69) is 47.8 Å². The van der Waals surface area contributed by atoms with E-state index >= 15 is 0 Å². The van der Waals surface area contributed by atoms with Crippen LogP contribution < -0.4 is 5.32 Å². The van der Waals surface area contributed by atoms with Gasteiger partial charge in [0.15, 0.2) is 0 Å². The van der Waals surface area contributed by atoms with E-state index in [-0.39, 0.29) is 0 Å². The van der Waals surface area contributed by atoms with E-state index in [1.54, 1.807) is 0 Å². The Bertz CT molecular complexity index is 561. The number of nitrogens with one attached hydrogen (secondary N) is 1. The Morgan fingerprint density at radius 3 is 2.75 bits per heavy atom. The molecule has 3 rings (SSSR count). The predicted octanol–water partition coefficient (Wildman–Crippen LogP) is 3.89. The summed E-state index contributed by atoms with van der Waals surface area (Å²) in [6, 6.07) is 15.6. The Kier molecular flexibility index (Phi) is 4.34. The number of fused-ring (bicyclic) bond motifs is 1. The van der Waals surface area contributed by atoms with Gasteiger partial charge in [-0.25, -0.2) is 0 Å². The summed E-state index contributed by atoms with van der Waals surface area (Å²) < 4.78 is 5.62. The molecule has 1 fully saturated rings. The molecular formula is C18H23NO. The summed E-state index contributed by atoms with van der Waals surface area (Å²) in [6.45, 7) is 0.922. The molecule has 0 spiro atoms. The van der Waals surface area contributed by atoms with Crippen LogP contribution in [0.5, 0.6) is 0 Å². The average Bonchev–Trinajstić information content (AvgIpc) is 2.53. The SMILES string of the molecule is COC1CCCCC1NCc1cccc2ccccc12. The third kappa shape index (κ3) is 2.87. The van der Waals surface area contributed by atoms with Gasteiger partial charge in [0, 0.05) is 19.7 Å². The summed E-state index contributed by atoms with van der Waals surface area (Å²) in [5, 5.41) is 6.38. The average molecular weight is 269 g/mol. The predicted molar refractivity (Wildman–Crippen MR) is 83.8 cm³/mol. The lowest BCUT2D eigenvalue weighted by Crippen LogP contribution is -2.42. The molecule has 0 radical (unpaired) electrons. The van der Waals surface area contributed by atoms with Crippen molar-refractivity contribution in [1.29, 1.82) is 0 Å². The fourth-order valence-corrected chi connectivity index (χ4v) is 3.30. The van der Waals surface area contributed by atoms with Gasteiger partial charge in [-0.05, 0) is 29.2 Å². The largest absolute Gasteiger partial charge is 0.380 e. The molecule has 0 aromatic heterocycles. The summed E-state index contributed by atoms with van der Waals surface area (Å²) >= 11 is 0. The quantitative estimate of drug-likeness (QED) is 0.909. The lowest BCUT2D eigenvalue weighted by Gasteiger charge is -2.31. The Morgan fingerprint density at radius 2 is 1.85 bits per heavy atom. The number of benzene rings is 2. The first-order chi connectivity index (χ1) is 9.88. The number of ether oxygens (including phenoxy) is 1. The zero-order chi connectivity index (χ0) is 13.8. The number of hydrogen-bond donors (Lipinski definition) is 1. The molecule has 1 saturated carbocycles. The van der Waals surface area contributed by atoms with Crippen molar-refractivity contribution in [2.24, 2.45) is 0 Å². The van der Waals surface area contributed by atoms with Crippen molar-refractivity contribution in [1.82, 2.24) is 5.32 Å². The van der Waals surface area contributed by atoms with Crippen LogP contribution in [0.4, 0.5) is 0 Å². The van der Waals surface area contributed by atoms with E-state index in [0.29, 0.717) is 12.1 Å². The fourth-order valence-electron chi connectivity index (χ4n) is 3.30. The van der Waals surface area contributed by atoms with E-state index in [1.165, 1.54) is 42.0 Å². The molecule has 2 unspecified atom stereocenters. The smallest absolute Gasteiger partial charge is 0.0724 e. The molecule has 1 N–H and O–H groups in total. The van der Waals surface area contributed by atoms with Crippen LogP contribution in [-0.2, 0) is 11.3 Å². The molecule has 20 heavy (non-hydrogen) atoms. The molecule has 106 valence electrons. The first-order valence-corrected chi connectivity index (χ1v) is 7.61. The highest BCUT2D eigenvalue weighted by Crippen LogP contribution is 2.22. The van der Waals surface area contributed by atoms with Crippen molar-refractivity contribution in [2.45, 2.75) is 44.4 Å². The monoisotopic (exact) mass is 269 g/mol. The minimum Gasteiger partial charge on any atom is -0.380 e. The molecule has 0 aliphatic heterocycles. The van der Waals surface area contributed by atoms with E-state index in [0.717, 1.165) is 6.54 Å². The van der Waals surface area contributed by atoms with Crippen molar-refractivity contribution < 1.29 is 4.74 Å². The Balaban J connectivity index is 1.73. The van der Waals surface area contributed by atoms with E-state index in [1.807, 2.05) is 7.11 Å². The standard InChI is InChI=1S/C18H23NO/c1-20-18-12-5-4-11-17(18)19-13-15-9-6-8-14-7-2-3-10-16(14)15/h2-3,6-10,17-19H,4-5,11-13H2,1H3. The van der Waals surface area contributed by atoms with Gasteiger partial charge in [0.25, 0.3) is 0 Å². The van der Waals surface area contributed by atoms with Gasteiger partial charge in [0.05, 0.1) is 6.10 Å².